The molecule has 34 heavy (non-hydrogen) atoms. The SMILES string of the molecule is CCCOc1ccc(Cl)c2c1[SH](c1ccc(-c3ccc(OC)cc3)cc1)c1ccccc1C2=O. The molecule has 0 amide bonds. The van der Waals surface area contributed by atoms with Crippen molar-refractivity contribution in [2.45, 2.75) is 28.0 Å². The van der Waals surface area contributed by atoms with E-state index < -0.39 is 10.9 Å². The first-order valence-electron chi connectivity index (χ1n) is 11.3. The predicted octanol–water partition coefficient (Wildman–Crippen LogP) is 7.83. The van der Waals surface area contributed by atoms with E-state index in [1.165, 1.54) is 0 Å². The van der Waals surface area contributed by atoms with Crippen molar-refractivity contribution in [2.24, 2.45) is 0 Å². The van der Waals surface area contributed by atoms with Crippen molar-refractivity contribution in [1.82, 2.24) is 0 Å². The van der Waals surface area contributed by atoms with Gasteiger partial charge in [0.25, 0.3) is 0 Å². The van der Waals surface area contributed by atoms with Gasteiger partial charge in [-0.2, -0.15) is 10.9 Å². The molecule has 1 atom stereocenters. The Morgan fingerprint density at radius 1 is 0.853 bits per heavy atom. The molecule has 4 aromatic rings. The normalized spacial score (nSPS) is 15.4. The van der Waals surface area contributed by atoms with Crippen LogP contribution in [0.1, 0.15) is 29.3 Å². The summed E-state index contributed by atoms with van der Waals surface area (Å²) in [6.45, 7) is 2.66. The van der Waals surface area contributed by atoms with Crippen molar-refractivity contribution in [1.29, 1.82) is 0 Å². The number of carbonyl (C=O) groups is 1. The molecule has 1 unspecified atom stereocenters. The fourth-order valence-electron chi connectivity index (χ4n) is 4.28. The smallest absolute Gasteiger partial charge is 0.196 e. The second-order valence-corrected chi connectivity index (χ2v) is 10.6. The van der Waals surface area contributed by atoms with E-state index in [0.29, 0.717) is 17.2 Å². The van der Waals surface area contributed by atoms with Gasteiger partial charge in [0, 0.05) is 10.5 Å². The number of hydrogen-bond acceptors (Lipinski definition) is 3. The highest BCUT2D eigenvalue weighted by atomic mass is 35.5. The first kappa shape index (κ1) is 22.6. The quantitative estimate of drug-likeness (QED) is 0.247. The van der Waals surface area contributed by atoms with Crippen LogP contribution >= 0.6 is 22.5 Å². The van der Waals surface area contributed by atoms with Crippen LogP contribution in [-0.2, 0) is 0 Å². The van der Waals surface area contributed by atoms with Gasteiger partial charge in [-0.15, -0.1) is 0 Å². The highest BCUT2D eigenvalue weighted by molar-refractivity contribution is 8.17. The van der Waals surface area contributed by atoms with Crippen LogP contribution in [0.5, 0.6) is 11.5 Å². The lowest BCUT2D eigenvalue weighted by atomic mass is 10.0. The number of benzene rings is 4. The van der Waals surface area contributed by atoms with Crippen molar-refractivity contribution in [3.05, 3.63) is 101 Å². The molecule has 0 radical (unpaired) electrons. The van der Waals surface area contributed by atoms with Crippen LogP contribution in [0.25, 0.3) is 11.1 Å². The van der Waals surface area contributed by atoms with Crippen molar-refractivity contribution in [3.8, 4) is 22.6 Å². The molecule has 4 aromatic carbocycles. The van der Waals surface area contributed by atoms with Crippen LogP contribution in [0.15, 0.2) is 99.6 Å². The zero-order valence-electron chi connectivity index (χ0n) is 19.0. The predicted molar refractivity (Wildman–Crippen MR) is 139 cm³/mol. The molecule has 0 N–H and O–H groups in total. The molecule has 1 aliphatic heterocycles. The topological polar surface area (TPSA) is 35.5 Å². The molecule has 0 fully saturated rings. The second-order valence-electron chi connectivity index (χ2n) is 8.07. The molecule has 0 saturated carbocycles. The van der Waals surface area contributed by atoms with Gasteiger partial charge >= 0.3 is 0 Å². The van der Waals surface area contributed by atoms with E-state index in [1.54, 1.807) is 13.2 Å². The molecular formula is C29H25ClO3S. The summed E-state index contributed by atoms with van der Waals surface area (Å²) in [5, 5.41) is 0.473. The summed E-state index contributed by atoms with van der Waals surface area (Å²) in [4.78, 5) is 16.6. The summed E-state index contributed by atoms with van der Waals surface area (Å²) in [5.41, 5.74) is 3.53. The summed E-state index contributed by atoms with van der Waals surface area (Å²) in [7, 11) is 0.650. The van der Waals surface area contributed by atoms with Crippen molar-refractivity contribution < 1.29 is 14.3 Å². The number of rotatable bonds is 6. The summed E-state index contributed by atoms with van der Waals surface area (Å²) in [6, 6.07) is 28.2. The number of ketones is 1. The fourth-order valence-corrected chi connectivity index (χ4v) is 7.28. The molecular weight excluding hydrogens is 464 g/mol. The number of thiol groups is 1. The average Bonchev–Trinajstić information content (AvgIpc) is 2.89. The maximum Gasteiger partial charge on any atom is 0.196 e. The van der Waals surface area contributed by atoms with Crippen molar-refractivity contribution in [2.75, 3.05) is 13.7 Å². The molecule has 0 aromatic heterocycles. The molecule has 3 nitrogen and oxygen atoms in total. The van der Waals surface area contributed by atoms with Gasteiger partial charge in [-0.3, -0.25) is 4.79 Å². The largest absolute Gasteiger partial charge is 0.497 e. The van der Waals surface area contributed by atoms with Gasteiger partial charge < -0.3 is 9.47 Å². The van der Waals surface area contributed by atoms with E-state index in [1.807, 2.05) is 36.4 Å². The molecule has 0 spiro atoms. The highest BCUT2D eigenvalue weighted by Gasteiger charge is 2.34. The van der Waals surface area contributed by atoms with Crippen molar-refractivity contribution >= 4 is 28.3 Å². The maximum atomic E-state index is 13.5. The first-order chi connectivity index (χ1) is 16.6. The van der Waals surface area contributed by atoms with Gasteiger partial charge in [-0.1, -0.05) is 54.9 Å². The van der Waals surface area contributed by atoms with Gasteiger partial charge in [-0.25, -0.2) is 0 Å². The number of carbonyl (C=O) groups excluding carboxylic acids is 1. The van der Waals surface area contributed by atoms with Crippen LogP contribution in [0.2, 0.25) is 5.02 Å². The first-order valence-corrected chi connectivity index (χ1v) is 13.0. The Morgan fingerprint density at radius 3 is 2.21 bits per heavy atom. The van der Waals surface area contributed by atoms with Crippen LogP contribution in [0.4, 0.5) is 0 Å². The fraction of sp³-hybridized carbons (Fsp3) is 0.138. The monoisotopic (exact) mass is 488 g/mol. The summed E-state index contributed by atoms with van der Waals surface area (Å²) in [5.74, 6) is 1.54. The molecule has 5 heteroatoms. The van der Waals surface area contributed by atoms with E-state index in [9.17, 15) is 4.79 Å². The van der Waals surface area contributed by atoms with E-state index in [2.05, 4.69) is 49.4 Å². The third kappa shape index (κ3) is 3.97. The van der Waals surface area contributed by atoms with Gasteiger partial charge in [0.1, 0.15) is 11.5 Å². The highest BCUT2D eigenvalue weighted by Crippen LogP contribution is 2.61. The molecule has 1 aliphatic rings. The minimum Gasteiger partial charge on any atom is -0.497 e. The lowest BCUT2D eigenvalue weighted by Gasteiger charge is -2.33. The zero-order chi connectivity index (χ0) is 23.7. The van der Waals surface area contributed by atoms with Gasteiger partial charge in [0.2, 0.25) is 0 Å². The lowest BCUT2D eigenvalue weighted by Crippen LogP contribution is -2.15. The molecule has 0 bridgehead atoms. The number of fused-ring (bicyclic) bond motifs is 2. The van der Waals surface area contributed by atoms with Crippen LogP contribution < -0.4 is 9.47 Å². The molecule has 0 aliphatic carbocycles. The third-order valence-corrected chi connectivity index (χ3v) is 8.83. The number of halogens is 1. The Labute approximate surface area is 207 Å². The van der Waals surface area contributed by atoms with Gasteiger partial charge in [-0.05, 0) is 71.0 Å². The Kier molecular flexibility index (Phi) is 6.36. The second kappa shape index (κ2) is 9.57. The standard InChI is InChI=1S/C29H25ClO3S/c1-3-18-33-25-17-16-24(30)27-28(31)23-6-4-5-7-26(23)34(29(25)27)22-14-10-20(11-15-22)19-8-12-21(32-2)13-9-19/h4-17,34H,3,18H2,1-2H3. The van der Waals surface area contributed by atoms with Gasteiger partial charge in [0.05, 0.1) is 29.2 Å². The van der Waals surface area contributed by atoms with E-state index in [0.717, 1.165) is 49.3 Å². The van der Waals surface area contributed by atoms with Crippen LogP contribution in [-0.4, -0.2) is 19.5 Å². The van der Waals surface area contributed by atoms with E-state index in [4.69, 9.17) is 21.1 Å². The lowest BCUT2D eigenvalue weighted by molar-refractivity contribution is 0.103. The summed E-state index contributed by atoms with van der Waals surface area (Å²) < 4.78 is 11.4. The number of methoxy groups -OCH3 is 1. The molecule has 1 heterocycles. The molecule has 172 valence electrons. The minimum absolute atomic E-state index is 0.0360. The van der Waals surface area contributed by atoms with E-state index >= 15 is 0 Å². The molecule has 0 saturated heterocycles. The van der Waals surface area contributed by atoms with Crippen molar-refractivity contribution in [3.63, 3.8) is 0 Å². The van der Waals surface area contributed by atoms with Gasteiger partial charge in [0.15, 0.2) is 5.78 Å². The Morgan fingerprint density at radius 2 is 1.53 bits per heavy atom. The zero-order valence-corrected chi connectivity index (χ0v) is 20.7. The van der Waals surface area contributed by atoms with E-state index in [-0.39, 0.29) is 5.78 Å². The average molecular weight is 489 g/mol. The van der Waals surface area contributed by atoms with Crippen LogP contribution in [0.3, 0.4) is 0 Å². The Hall–Kier alpha value is -3.21. The maximum absolute atomic E-state index is 13.5. The molecule has 5 rings (SSSR count). The minimum atomic E-state index is -1.02. The summed E-state index contributed by atoms with van der Waals surface area (Å²) in [6.07, 6.45) is 0.885. The number of hydrogen-bond donors (Lipinski definition) is 1. The Bertz CT molecular complexity index is 1350. The number of ether oxygens (including phenoxy) is 2. The third-order valence-electron chi connectivity index (χ3n) is 5.94. The van der Waals surface area contributed by atoms with Crippen LogP contribution in [0, 0.1) is 0 Å². The summed E-state index contributed by atoms with van der Waals surface area (Å²) >= 11 is 6.62. The Balaban J connectivity index is 1.65.